The van der Waals surface area contributed by atoms with Crippen LogP contribution in [0.2, 0.25) is 0 Å². The minimum absolute atomic E-state index is 0.359. The highest BCUT2D eigenvalue weighted by atomic mass is 14.2. The first kappa shape index (κ1) is 10.8. The lowest BCUT2D eigenvalue weighted by Gasteiger charge is -2.16. The van der Waals surface area contributed by atoms with Gasteiger partial charge in [0.2, 0.25) is 0 Å². The zero-order chi connectivity index (χ0) is 11.4. The van der Waals surface area contributed by atoms with Crippen molar-refractivity contribution in [3.05, 3.63) is 53.6 Å². The SMILES string of the molecule is CC#CC1CC=CC=C1c1ccc(C)cc1. The highest BCUT2D eigenvalue weighted by Gasteiger charge is 2.13. The first-order valence-corrected chi connectivity index (χ1v) is 5.67. The van der Waals surface area contributed by atoms with Crippen LogP contribution in [-0.2, 0) is 0 Å². The molecule has 0 heterocycles. The molecule has 80 valence electrons. The van der Waals surface area contributed by atoms with Crippen LogP contribution in [-0.4, -0.2) is 0 Å². The minimum atomic E-state index is 0.359. The maximum atomic E-state index is 3.28. The van der Waals surface area contributed by atoms with E-state index >= 15 is 0 Å². The van der Waals surface area contributed by atoms with Gasteiger partial charge in [0.05, 0.1) is 0 Å². The van der Waals surface area contributed by atoms with Crippen molar-refractivity contribution >= 4 is 5.57 Å². The largest absolute Gasteiger partial charge is 0.106 e. The summed E-state index contributed by atoms with van der Waals surface area (Å²) in [6.07, 6.45) is 7.53. The number of benzene rings is 1. The molecule has 0 bridgehead atoms. The molecular formula is C16H16. The van der Waals surface area contributed by atoms with E-state index < -0.39 is 0 Å². The van der Waals surface area contributed by atoms with Crippen LogP contribution in [0.5, 0.6) is 0 Å². The first-order valence-electron chi connectivity index (χ1n) is 5.67. The van der Waals surface area contributed by atoms with E-state index in [1.807, 2.05) is 6.92 Å². The highest BCUT2D eigenvalue weighted by Crippen LogP contribution is 2.29. The standard InChI is InChI=1S/C16H16/c1-3-6-14-7-4-5-8-16(14)15-11-9-13(2)10-12-15/h4-5,8-12,14H,7H2,1-2H3. The lowest BCUT2D eigenvalue weighted by Crippen LogP contribution is -2.02. The fourth-order valence-corrected chi connectivity index (χ4v) is 1.98. The Morgan fingerprint density at radius 2 is 1.94 bits per heavy atom. The Morgan fingerprint density at radius 3 is 2.62 bits per heavy atom. The maximum absolute atomic E-state index is 3.28. The lowest BCUT2D eigenvalue weighted by molar-refractivity contribution is 0.874. The van der Waals surface area contributed by atoms with Gasteiger partial charge in [-0.05, 0) is 31.4 Å². The van der Waals surface area contributed by atoms with Crippen LogP contribution in [0, 0.1) is 24.7 Å². The smallest absolute Gasteiger partial charge is 0.0492 e. The third kappa shape index (κ3) is 2.25. The van der Waals surface area contributed by atoms with Crippen LogP contribution >= 0.6 is 0 Å². The molecule has 0 N–H and O–H groups in total. The predicted molar refractivity (Wildman–Crippen MR) is 69.9 cm³/mol. The second kappa shape index (κ2) is 4.86. The highest BCUT2D eigenvalue weighted by molar-refractivity contribution is 5.72. The molecule has 0 aliphatic heterocycles. The molecule has 0 saturated carbocycles. The molecule has 0 nitrogen and oxygen atoms in total. The summed E-state index contributed by atoms with van der Waals surface area (Å²) >= 11 is 0. The third-order valence-electron chi connectivity index (χ3n) is 2.86. The second-order valence-corrected chi connectivity index (χ2v) is 4.10. The maximum Gasteiger partial charge on any atom is 0.0492 e. The Balaban J connectivity index is 2.36. The van der Waals surface area contributed by atoms with E-state index in [-0.39, 0.29) is 0 Å². The van der Waals surface area contributed by atoms with Gasteiger partial charge in [-0.1, -0.05) is 54.0 Å². The Bertz CT molecular complexity index is 475. The van der Waals surface area contributed by atoms with E-state index in [2.05, 4.69) is 61.3 Å². The fourth-order valence-electron chi connectivity index (χ4n) is 1.98. The molecule has 1 aromatic carbocycles. The zero-order valence-corrected chi connectivity index (χ0v) is 9.83. The van der Waals surface area contributed by atoms with Crippen LogP contribution < -0.4 is 0 Å². The van der Waals surface area contributed by atoms with Crippen molar-refractivity contribution in [3.8, 4) is 11.8 Å². The molecule has 2 rings (SSSR count). The van der Waals surface area contributed by atoms with Crippen molar-refractivity contribution in [2.45, 2.75) is 20.3 Å². The van der Waals surface area contributed by atoms with Crippen molar-refractivity contribution in [3.63, 3.8) is 0 Å². The molecule has 1 unspecified atom stereocenters. The predicted octanol–water partition coefficient (Wildman–Crippen LogP) is 3.98. The molecule has 1 aromatic rings. The molecule has 1 atom stereocenters. The van der Waals surface area contributed by atoms with Crippen molar-refractivity contribution in [2.75, 3.05) is 0 Å². The zero-order valence-electron chi connectivity index (χ0n) is 9.83. The molecule has 0 heteroatoms. The van der Waals surface area contributed by atoms with Crippen molar-refractivity contribution in [2.24, 2.45) is 5.92 Å². The molecule has 0 amide bonds. The van der Waals surface area contributed by atoms with E-state index in [1.54, 1.807) is 0 Å². The number of hydrogen-bond donors (Lipinski definition) is 0. The average molecular weight is 208 g/mol. The van der Waals surface area contributed by atoms with E-state index in [0.29, 0.717) is 5.92 Å². The van der Waals surface area contributed by atoms with E-state index in [9.17, 15) is 0 Å². The fraction of sp³-hybridized carbons (Fsp3) is 0.250. The second-order valence-electron chi connectivity index (χ2n) is 4.10. The summed E-state index contributed by atoms with van der Waals surface area (Å²) in [5.74, 6) is 6.66. The Kier molecular flexibility index (Phi) is 3.27. The summed E-state index contributed by atoms with van der Waals surface area (Å²) in [5, 5.41) is 0. The topological polar surface area (TPSA) is 0 Å². The van der Waals surface area contributed by atoms with Gasteiger partial charge < -0.3 is 0 Å². The van der Waals surface area contributed by atoms with Crippen molar-refractivity contribution in [1.82, 2.24) is 0 Å². The van der Waals surface area contributed by atoms with Crippen LogP contribution in [0.1, 0.15) is 24.5 Å². The molecule has 0 spiro atoms. The molecule has 1 aliphatic rings. The summed E-state index contributed by atoms with van der Waals surface area (Å²) in [7, 11) is 0. The Hall–Kier alpha value is -1.74. The number of rotatable bonds is 1. The van der Waals surface area contributed by atoms with Gasteiger partial charge in [0.25, 0.3) is 0 Å². The third-order valence-corrected chi connectivity index (χ3v) is 2.86. The lowest BCUT2D eigenvalue weighted by atomic mass is 9.87. The monoisotopic (exact) mass is 208 g/mol. The molecule has 0 saturated heterocycles. The van der Waals surface area contributed by atoms with E-state index in [0.717, 1.165) is 6.42 Å². The van der Waals surface area contributed by atoms with Gasteiger partial charge in [0, 0.05) is 5.92 Å². The van der Waals surface area contributed by atoms with Crippen molar-refractivity contribution < 1.29 is 0 Å². The Morgan fingerprint density at radius 1 is 1.19 bits per heavy atom. The molecule has 0 aromatic heterocycles. The summed E-state index contributed by atoms with van der Waals surface area (Å²) in [6, 6.07) is 8.69. The number of allylic oxidation sites excluding steroid dienone is 4. The first-order chi connectivity index (χ1) is 7.81. The quantitative estimate of drug-likeness (QED) is 0.612. The van der Waals surface area contributed by atoms with Gasteiger partial charge in [-0.2, -0.15) is 0 Å². The van der Waals surface area contributed by atoms with E-state index in [4.69, 9.17) is 0 Å². The molecule has 1 aliphatic carbocycles. The normalized spacial score (nSPS) is 18.6. The number of aryl methyl sites for hydroxylation is 1. The summed E-state index contributed by atoms with van der Waals surface area (Å²) in [4.78, 5) is 0. The Labute approximate surface area is 97.7 Å². The van der Waals surface area contributed by atoms with Gasteiger partial charge in [-0.15, -0.1) is 5.92 Å². The molecule has 0 radical (unpaired) electrons. The minimum Gasteiger partial charge on any atom is -0.106 e. The summed E-state index contributed by atoms with van der Waals surface area (Å²) in [6.45, 7) is 4.02. The van der Waals surface area contributed by atoms with Gasteiger partial charge in [0.15, 0.2) is 0 Å². The van der Waals surface area contributed by atoms with Gasteiger partial charge in [-0.25, -0.2) is 0 Å². The van der Waals surface area contributed by atoms with Crippen molar-refractivity contribution in [1.29, 1.82) is 0 Å². The summed E-state index contributed by atoms with van der Waals surface area (Å²) in [5.41, 5.74) is 3.94. The van der Waals surface area contributed by atoms with Crippen LogP contribution in [0.3, 0.4) is 0 Å². The van der Waals surface area contributed by atoms with Gasteiger partial charge >= 0.3 is 0 Å². The van der Waals surface area contributed by atoms with Gasteiger partial charge in [0.1, 0.15) is 0 Å². The van der Waals surface area contributed by atoms with Crippen LogP contribution in [0.15, 0.2) is 42.5 Å². The van der Waals surface area contributed by atoms with Crippen LogP contribution in [0.25, 0.3) is 5.57 Å². The molecule has 16 heavy (non-hydrogen) atoms. The average Bonchev–Trinajstić information content (AvgIpc) is 2.32. The number of hydrogen-bond acceptors (Lipinski definition) is 0. The van der Waals surface area contributed by atoms with E-state index in [1.165, 1.54) is 16.7 Å². The van der Waals surface area contributed by atoms with Crippen LogP contribution in [0.4, 0.5) is 0 Å². The molecule has 0 fully saturated rings. The van der Waals surface area contributed by atoms with Gasteiger partial charge in [-0.3, -0.25) is 0 Å². The molecular weight excluding hydrogens is 192 g/mol. The summed E-state index contributed by atoms with van der Waals surface area (Å²) < 4.78 is 0.